The van der Waals surface area contributed by atoms with Crippen LogP contribution in [0.15, 0.2) is 0 Å². The predicted octanol–water partition coefficient (Wildman–Crippen LogP) is 0.791. The molecule has 1 aromatic rings. The molecule has 1 heterocycles. The maximum absolute atomic E-state index is 7.56. The lowest BCUT2D eigenvalue weighted by Crippen LogP contribution is -2.23. The molecule has 0 aliphatic carbocycles. The second-order valence-electron chi connectivity index (χ2n) is 3.89. The van der Waals surface area contributed by atoms with Crippen molar-refractivity contribution in [3.8, 4) is 5.88 Å². The lowest BCUT2D eigenvalue weighted by atomic mass is 10.1. The largest absolute Gasteiger partial charge is 0.471 e. The number of nitrogen functional groups attached to an aromatic ring is 1. The van der Waals surface area contributed by atoms with Gasteiger partial charge in [0.1, 0.15) is 11.9 Å². The number of methoxy groups -OCH3 is 1. The van der Waals surface area contributed by atoms with E-state index in [2.05, 4.69) is 10.2 Å². The predicted molar refractivity (Wildman–Crippen MR) is 64.5 cm³/mol. The van der Waals surface area contributed by atoms with Crippen molar-refractivity contribution in [1.82, 2.24) is 10.2 Å². The molecular formula is C11H18N4O2. The number of aryl methyl sites for hydroxylation is 1. The maximum atomic E-state index is 7.56. The summed E-state index contributed by atoms with van der Waals surface area (Å²) in [5.74, 6) is 0.213. The highest BCUT2D eigenvalue weighted by molar-refractivity contribution is 5.98. The van der Waals surface area contributed by atoms with Gasteiger partial charge in [-0.15, -0.1) is 5.10 Å². The van der Waals surface area contributed by atoms with Crippen molar-refractivity contribution in [2.45, 2.75) is 26.9 Å². The van der Waals surface area contributed by atoms with Gasteiger partial charge in [-0.25, -0.2) is 0 Å². The average Bonchev–Trinajstić information content (AvgIpc) is 2.23. The molecule has 0 amide bonds. The molecule has 0 aromatic carbocycles. The molecule has 3 N–H and O–H groups in total. The van der Waals surface area contributed by atoms with E-state index < -0.39 is 0 Å². The zero-order valence-electron chi connectivity index (χ0n) is 10.6. The minimum Gasteiger partial charge on any atom is -0.471 e. The summed E-state index contributed by atoms with van der Waals surface area (Å²) in [4.78, 5) is 0. The number of ether oxygens (including phenoxy) is 2. The third kappa shape index (κ3) is 3.13. The van der Waals surface area contributed by atoms with E-state index >= 15 is 0 Å². The van der Waals surface area contributed by atoms with Crippen LogP contribution in [0.25, 0.3) is 0 Å². The molecule has 6 heteroatoms. The highest BCUT2D eigenvalue weighted by Gasteiger charge is 2.17. The smallest absolute Gasteiger partial charge is 0.245 e. The molecule has 6 nitrogen and oxygen atoms in total. The summed E-state index contributed by atoms with van der Waals surface area (Å²) < 4.78 is 10.5. The van der Waals surface area contributed by atoms with E-state index in [0.717, 1.165) is 11.3 Å². The Morgan fingerprint density at radius 3 is 2.59 bits per heavy atom. The van der Waals surface area contributed by atoms with Crippen LogP contribution in [0.3, 0.4) is 0 Å². The number of amidine groups is 1. The first kappa shape index (κ1) is 13.4. The van der Waals surface area contributed by atoms with Crippen molar-refractivity contribution in [3.63, 3.8) is 0 Å². The molecule has 94 valence electrons. The zero-order valence-corrected chi connectivity index (χ0v) is 10.6. The lowest BCUT2D eigenvalue weighted by Gasteiger charge is -2.16. The molecule has 0 aliphatic heterocycles. The van der Waals surface area contributed by atoms with Gasteiger partial charge in [-0.2, -0.15) is 5.10 Å². The molecule has 1 atom stereocenters. The third-order valence-corrected chi connectivity index (χ3v) is 2.41. The Hall–Kier alpha value is -1.69. The van der Waals surface area contributed by atoms with Crippen molar-refractivity contribution in [1.29, 1.82) is 5.41 Å². The van der Waals surface area contributed by atoms with Crippen molar-refractivity contribution in [2.75, 3.05) is 13.7 Å². The van der Waals surface area contributed by atoms with Crippen LogP contribution in [0.4, 0.5) is 0 Å². The molecule has 0 radical (unpaired) electrons. The van der Waals surface area contributed by atoms with Crippen LogP contribution in [0.5, 0.6) is 5.88 Å². The summed E-state index contributed by atoms with van der Waals surface area (Å²) in [5, 5.41) is 15.5. The first-order valence-electron chi connectivity index (χ1n) is 5.31. The van der Waals surface area contributed by atoms with Gasteiger partial charge in [0.05, 0.1) is 17.9 Å². The number of aromatic nitrogens is 2. The summed E-state index contributed by atoms with van der Waals surface area (Å²) in [6.45, 7) is 5.95. The highest BCUT2D eigenvalue weighted by Crippen LogP contribution is 2.20. The Kier molecular flexibility index (Phi) is 4.39. The van der Waals surface area contributed by atoms with Crippen LogP contribution in [-0.4, -0.2) is 35.9 Å². The van der Waals surface area contributed by atoms with Crippen LogP contribution in [0.2, 0.25) is 0 Å². The Morgan fingerprint density at radius 1 is 1.41 bits per heavy atom. The van der Waals surface area contributed by atoms with Crippen molar-refractivity contribution in [2.24, 2.45) is 5.73 Å². The van der Waals surface area contributed by atoms with E-state index in [0.29, 0.717) is 12.2 Å². The van der Waals surface area contributed by atoms with Crippen molar-refractivity contribution < 1.29 is 9.47 Å². The van der Waals surface area contributed by atoms with E-state index in [4.69, 9.17) is 20.6 Å². The fourth-order valence-electron chi connectivity index (χ4n) is 1.45. The standard InChI is InChI=1S/C11H18N4O2/c1-6(5-16-4)17-11-9(10(12)13)7(2)8(3)14-15-11/h6H,5H2,1-4H3,(H3,12,13). The van der Waals surface area contributed by atoms with Gasteiger partial charge in [-0.3, -0.25) is 5.41 Å². The van der Waals surface area contributed by atoms with Crippen LogP contribution in [0.1, 0.15) is 23.7 Å². The first-order chi connectivity index (χ1) is 7.97. The summed E-state index contributed by atoms with van der Waals surface area (Å²) in [5.41, 5.74) is 7.59. The number of rotatable bonds is 5. The summed E-state index contributed by atoms with van der Waals surface area (Å²) in [7, 11) is 1.60. The Balaban J connectivity index is 3.07. The van der Waals surface area contributed by atoms with Crippen LogP contribution >= 0.6 is 0 Å². The van der Waals surface area contributed by atoms with Gasteiger partial charge in [-0.1, -0.05) is 0 Å². The Bertz CT molecular complexity index is 420. The lowest BCUT2D eigenvalue weighted by molar-refractivity contribution is 0.0880. The minimum absolute atomic E-state index is 0.0693. The van der Waals surface area contributed by atoms with Gasteiger partial charge in [0.15, 0.2) is 0 Å². The van der Waals surface area contributed by atoms with E-state index in [1.807, 2.05) is 20.8 Å². The molecule has 17 heavy (non-hydrogen) atoms. The van der Waals surface area contributed by atoms with Gasteiger partial charge in [0, 0.05) is 7.11 Å². The van der Waals surface area contributed by atoms with Gasteiger partial charge < -0.3 is 15.2 Å². The molecule has 0 saturated carbocycles. The van der Waals surface area contributed by atoms with Crippen LogP contribution < -0.4 is 10.5 Å². The molecule has 1 aromatic heterocycles. The number of nitrogens with one attached hydrogen (secondary N) is 1. The van der Waals surface area contributed by atoms with Crippen LogP contribution in [0, 0.1) is 19.3 Å². The molecule has 1 unspecified atom stereocenters. The third-order valence-electron chi connectivity index (χ3n) is 2.41. The zero-order chi connectivity index (χ0) is 13.0. The normalized spacial score (nSPS) is 12.2. The van der Waals surface area contributed by atoms with Gasteiger partial charge >= 0.3 is 0 Å². The second kappa shape index (κ2) is 5.58. The molecule has 0 spiro atoms. The number of nitrogens with zero attached hydrogens (tertiary/aromatic N) is 2. The SMILES string of the molecule is COCC(C)Oc1nnc(C)c(C)c1C(=N)N. The number of nitrogens with two attached hydrogens (primary N) is 1. The quantitative estimate of drug-likeness (QED) is 0.584. The average molecular weight is 238 g/mol. The van der Waals surface area contributed by atoms with Crippen molar-refractivity contribution in [3.05, 3.63) is 16.8 Å². The highest BCUT2D eigenvalue weighted by atomic mass is 16.5. The summed E-state index contributed by atoms with van der Waals surface area (Å²) in [6, 6.07) is 0. The minimum atomic E-state index is -0.172. The fraction of sp³-hybridized carbons (Fsp3) is 0.545. The van der Waals surface area contributed by atoms with Gasteiger partial charge in [0.2, 0.25) is 5.88 Å². The topological polar surface area (TPSA) is 94.1 Å². The van der Waals surface area contributed by atoms with E-state index in [9.17, 15) is 0 Å². The fourth-order valence-corrected chi connectivity index (χ4v) is 1.45. The van der Waals surface area contributed by atoms with Crippen LogP contribution in [-0.2, 0) is 4.74 Å². The maximum Gasteiger partial charge on any atom is 0.245 e. The summed E-state index contributed by atoms with van der Waals surface area (Å²) in [6.07, 6.45) is -0.172. The van der Waals surface area contributed by atoms with E-state index in [-0.39, 0.29) is 17.8 Å². The molecule has 1 rings (SSSR count). The molecule has 0 fully saturated rings. The molecular weight excluding hydrogens is 220 g/mol. The van der Waals surface area contributed by atoms with E-state index in [1.54, 1.807) is 7.11 Å². The Labute approximate surface area is 101 Å². The van der Waals surface area contributed by atoms with Gasteiger partial charge in [0.25, 0.3) is 0 Å². The molecule has 0 saturated heterocycles. The number of hydrogen-bond acceptors (Lipinski definition) is 5. The van der Waals surface area contributed by atoms with Gasteiger partial charge in [-0.05, 0) is 26.3 Å². The number of hydrogen-bond donors (Lipinski definition) is 2. The second-order valence-corrected chi connectivity index (χ2v) is 3.89. The summed E-state index contributed by atoms with van der Waals surface area (Å²) >= 11 is 0. The molecule has 0 aliphatic rings. The Morgan fingerprint density at radius 2 is 2.06 bits per heavy atom. The first-order valence-corrected chi connectivity index (χ1v) is 5.31. The monoisotopic (exact) mass is 238 g/mol. The van der Waals surface area contributed by atoms with Crippen molar-refractivity contribution >= 4 is 5.84 Å². The van der Waals surface area contributed by atoms with E-state index in [1.165, 1.54) is 0 Å². The molecule has 0 bridgehead atoms.